The second-order valence-corrected chi connectivity index (χ2v) is 3.43. The van der Waals surface area contributed by atoms with Crippen molar-refractivity contribution in [1.82, 2.24) is 9.97 Å². The van der Waals surface area contributed by atoms with Crippen LogP contribution in [0.2, 0.25) is 0 Å². The summed E-state index contributed by atoms with van der Waals surface area (Å²) in [5.74, 6) is 2.30. The first kappa shape index (κ1) is 11.4. The molecule has 5 nitrogen and oxygen atoms in total. The molecule has 0 saturated carbocycles. The van der Waals surface area contributed by atoms with Gasteiger partial charge in [-0.3, -0.25) is 0 Å². The van der Waals surface area contributed by atoms with E-state index in [4.69, 9.17) is 9.15 Å². The van der Waals surface area contributed by atoms with Crippen molar-refractivity contribution >= 4 is 5.82 Å². The van der Waals surface area contributed by atoms with Gasteiger partial charge in [0.2, 0.25) is 5.88 Å². The van der Waals surface area contributed by atoms with E-state index in [-0.39, 0.29) is 0 Å². The Morgan fingerprint density at radius 3 is 3.12 bits per heavy atom. The standard InChI is InChI=1S/C12H15N3O2/c1-2-16-12-8-11(14-9-15-12)13-6-5-10-4-3-7-17-10/h3-4,7-9H,2,5-6H2,1H3,(H,13,14,15). The molecule has 90 valence electrons. The number of rotatable bonds is 6. The third kappa shape index (κ3) is 3.48. The van der Waals surface area contributed by atoms with Crippen LogP contribution < -0.4 is 10.1 Å². The summed E-state index contributed by atoms with van der Waals surface area (Å²) in [6, 6.07) is 5.62. The van der Waals surface area contributed by atoms with E-state index in [1.165, 1.54) is 6.33 Å². The van der Waals surface area contributed by atoms with Crippen LogP contribution in [0.5, 0.6) is 5.88 Å². The van der Waals surface area contributed by atoms with Crippen molar-refractivity contribution < 1.29 is 9.15 Å². The molecule has 0 amide bonds. The van der Waals surface area contributed by atoms with Crippen LogP contribution in [0.15, 0.2) is 35.2 Å². The molecule has 0 aliphatic rings. The molecule has 1 N–H and O–H groups in total. The van der Waals surface area contributed by atoms with Gasteiger partial charge in [-0.1, -0.05) is 0 Å². The zero-order valence-corrected chi connectivity index (χ0v) is 9.72. The normalized spacial score (nSPS) is 10.2. The average Bonchev–Trinajstić information content (AvgIpc) is 2.83. The summed E-state index contributed by atoms with van der Waals surface area (Å²) in [7, 11) is 0. The smallest absolute Gasteiger partial charge is 0.218 e. The highest BCUT2D eigenvalue weighted by Crippen LogP contribution is 2.11. The van der Waals surface area contributed by atoms with E-state index in [1.54, 1.807) is 12.3 Å². The topological polar surface area (TPSA) is 60.2 Å². The van der Waals surface area contributed by atoms with E-state index in [2.05, 4.69) is 15.3 Å². The average molecular weight is 233 g/mol. The fourth-order valence-electron chi connectivity index (χ4n) is 1.43. The highest BCUT2D eigenvalue weighted by Gasteiger charge is 1.99. The summed E-state index contributed by atoms with van der Waals surface area (Å²) < 4.78 is 10.5. The largest absolute Gasteiger partial charge is 0.478 e. The van der Waals surface area contributed by atoms with E-state index in [0.717, 1.165) is 24.5 Å². The van der Waals surface area contributed by atoms with Crippen molar-refractivity contribution in [3.05, 3.63) is 36.5 Å². The molecule has 17 heavy (non-hydrogen) atoms. The summed E-state index contributed by atoms with van der Waals surface area (Å²) in [5.41, 5.74) is 0. The molecule has 0 fully saturated rings. The molecule has 2 aromatic heterocycles. The number of anilines is 1. The van der Waals surface area contributed by atoms with Gasteiger partial charge in [-0.25, -0.2) is 9.97 Å². The highest BCUT2D eigenvalue weighted by molar-refractivity contribution is 5.37. The zero-order valence-electron chi connectivity index (χ0n) is 9.72. The van der Waals surface area contributed by atoms with Gasteiger partial charge in [0, 0.05) is 19.0 Å². The Bertz CT molecular complexity index is 443. The van der Waals surface area contributed by atoms with E-state index >= 15 is 0 Å². The predicted molar refractivity (Wildman–Crippen MR) is 64.1 cm³/mol. The van der Waals surface area contributed by atoms with Gasteiger partial charge in [0.05, 0.1) is 12.9 Å². The molecule has 2 rings (SSSR count). The molecule has 2 heterocycles. The molecule has 0 radical (unpaired) electrons. The maximum absolute atomic E-state index is 5.29. The van der Waals surface area contributed by atoms with Gasteiger partial charge in [-0.2, -0.15) is 0 Å². The number of hydrogen-bond acceptors (Lipinski definition) is 5. The van der Waals surface area contributed by atoms with Crippen molar-refractivity contribution in [1.29, 1.82) is 0 Å². The van der Waals surface area contributed by atoms with Gasteiger partial charge >= 0.3 is 0 Å². The third-order valence-corrected chi connectivity index (χ3v) is 2.19. The van der Waals surface area contributed by atoms with E-state index in [1.807, 2.05) is 19.1 Å². The minimum atomic E-state index is 0.586. The van der Waals surface area contributed by atoms with Crippen molar-refractivity contribution in [3.63, 3.8) is 0 Å². The fourth-order valence-corrected chi connectivity index (χ4v) is 1.43. The lowest BCUT2D eigenvalue weighted by atomic mass is 10.3. The third-order valence-electron chi connectivity index (χ3n) is 2.19. The van der Waals surface area contributed by atoms with Gasteiger partial charge in [0.25, 0.3) is 0 Å². The number of aromatic nitrogens is 2. The molecule has 0 spiro atoms. The number of furan rings is 1. The quantitative estimate of drug-likeness (QED) is 0.828. The van der Waals surface area contributed by atoms with Gasteiger partial charge < -0.3 is 14.5 Å². The monoisotopic (exact) mass is 233 g/mol. The zero-order chi connectivity index (χ0) is 11.9. The second-order valence-electron chi connectivity index (χ2n) is 3.43. The maximum Gasteiger partial charge on any atom is 0.218 e. The molecule has 0 saturated heterocycles. The van der Waals surface area contributed by atoms with E-state index in [0.29, 0.717) is 12.5 Å². The summed E-state index contributed by atoms with van der Waals surface area (Å²) in [6.07, 6.45) is 3.98. The maximum atomic E-state index is 5.29. The minimum Gasteiger partial charge on any atom is -0.478 e. The lowest BCUT2D eigenvalue weighted by molar-refractivity contribution is 0.326. The Labute approximate surface area is 99.8 Å². The lowest BCUT2D eigenvalue weighted by Crippen LogP contribution is -2.06. The molecule has 0 unspecified atom stereocenters. The molecule has 0 atom stereocenters. The summed E-state index contributed by atoms with van der Waals surface area (Å²) in [6.45, 7) is 3.28. The minimum absolute atomic E-state index is 0.586. The molecular weight excluding hydrogens is 218 g/mol. The summed E-state index contributed by atoms with van der Waals surface area (Å²) in [4.78, 5) is 8.10. The van der Waals surface area contributed by atoms with Gasteiger partial charge in [-0.05, 0) is 19.1 Å². The number of nitrogens with zero attached hydrogens (tertiary/aromatic N) is 2. The van der Waals surface area contributed by atoms with Crippen LogP contribution in [0.3, 0.4) is 0 Å². The molecule has 0 aliphatic carbocycles. The number of ether oxygens (including phenoxy) is 1. The van der Waals surface area contributed by atoms with Crippen molar-refractivity contribution in [3.8, 4) is 5.88 Å². The first-order valence-electron chi connectivity index (χ1n) is 5.59. The fraction of sp³-hybridized carbons (Fsp3) is 0.333. The summed E-state index contributed by atoms with van der Waals surface area (Å²) >= 11 is 0. The van der Waals surface area contributed by atoms with Crippen LogP contribution in [0.25, 0.3) is 0 Å². The summed E-state index contributed by atoms with van der Waals surface area (Å²) in [5, 5.41) is 3.19. The molecule has 0 aliphatic heterocycles. The molecule has 5 heteroatoms. The van der Waals surface area contributed by atoms with Crippen molar-refractivity contribution in [2.45, 2.75) is 13.3 Å². The molecular formula is C12H15N3O2. The Balaban J connectivity index is 1.84. The first-order chi connectivity index (χ1) is 8.38. The predicted octanol–water partition coefficient (Wildman–Crippen LogP) is 2.12. The SMILES string of the molecule is CCOc1cc(NCCc2ccco2)ncn1. The van der Waals surface area contributed by atoms with Crippen molar-refractivity contribution in [2.24, 2.45) is 0 Å². The van der Waals surface area contributed by atoms with Crippen LogP contribution >= 0.6 is 0 Å². The van der Waals surface area contributed by atoms with Gasteiger partial charge in [0.1, 0.15) is 17.9 Å². The lowest BCUT2D eigenvalue weighted by Gasteiger charge is -2.06. The van der Waals surface area contributed by atoms with Crippen LogP contribution in [-0.2, 0) is 6.42 Å². The van der Waals surface area contributed by atoms with Crippen LogP contribution in [0, 0.1) is 0 Å². The van der Waals surface area contributed by atoms with Crippen molar-refractivity contribution in [2.75, 3.05) is 18.5 Å². The number of nitrogens with one attached hydrogen (secondary N) is 1. The Morgan fingerprint density at radius 2 is 2.35 bits per heavy atom. The van der Waals surface area contributed by atoms with Crippen LogP contribution in [0.1, 0.15) is 12.7 Å². The first-order valence-corrected chi connectivity index (χ1v) is 5.59. The molecule has 2 aromatic rings. The van der Waals surface area contributed by atoms with E-state index in [9.17, 15) is 0 Å². The van der Waals surface area contributed by atoms with Gasteiger partial charge in [-0.15, -0.1) is 0 Å². The van der Waals surface area contributed by atoms with Crippen LogP contribution in [0.4, 0.5) is 5.82 Å². The van der Waals surface area contributed by atoms with E-state index < -0.39 is 0 Å². The van der Waals surface area contributed by atoms with Gasteiger partial charge in [0.15, 0.2) is 0 Å². The Hall–Kier alpha value is -2.04. The Morgan fingerprint density at radius 1 is 1.41 bits per heavy atom. The second kappa shape index (κ2) is 5.89. The molecule has 0 aromatic carbocycles. The Kier molecular flexibility index (Phi) is 3.96. The molecule has 0 bridgehead atoms. The van der Waals surface area contributed by atoms with Crippen LogP contribution in [-0.4, -0.2) is 23.1 Å². The highest BCUT2D eigenvalue weighted by atomic mass is 16.5. The number of hydrogen-bond donors (Lipinski definition) is 1.